The maximum atomic E-state index is 15.2. The van der Waals surface area contributed by atoms with E-state index in [1.165, 1.54) is 25.0 Å². The molecule has 3 aromatic rings. The molecule has 1 nitrogen and oxygen atoms in total. The van der Waals surface area contributed by atoms with Gasteiger partial charge in [-0.15, -0.1) is 0 Å². The van der Waals surface area contributed by atoms with E-state index in [1.807, 2.05) is 0 Å². The van der Waals surface area contributed by atoms with Crippen LogP contribution in [0, 0.1) is 40.8 Å². The summed E-state index contributed by atoms with van der Waals surface area (Å²) in [6, 6.07) is 7.59. The van der Waals surface area contributed by atoms with E-state index in [4.69, 9.17) is 4.74 Å². The molecule has 0 saturated heterocycles. The van der Waals surface area contributed by atoms with Gasteiger partial charge in [0.1, 0.15) is 23.0 Å². The molecule has 2 aliphatic rings. The highest BCUT2D eigenvalue weighted by atomic mass is 19.3. The molecule has 244 valence electrons. The second kappa shape index (κ2) is 14.2. The molecular weight excluding hydrogens is 600 g/mol. The SMILES string of the molecule is CCCCCC1CCC(c2cc(F)c(C(F)(F)OC3CCC(c4ccc(-c5cc(F)c(F)c(F)c5)c(F)c4)CC3)c(F)c2)CC1. The van der Waals surface area contributed by atoms with Gasteiger partial charge in [0.25, 0.3) is 0 Å². The predicted octanol–water partition coefficient (Wildman–Crippen LogP) is 11.8. The van der Waals surface area contributed by atoms with E-state index in [0.717, 1.165) is 50.7 Å². The van der Waals surface area contributed by atoms with Crippen LogP contribution in [0.15, 0.2) is 42.5 Å². The smallest absolute Gasteiger partial charge is 0.313 e. The molecule has 0 heterocycles. The van der Waals surface area contributed by atoms with Crippen LogP contribution < -0.4 is 0 Å². The Morgan fingerprint density at radius 3 is 1.78 bits per heavy atom. The highest BCUT2D eigenvalue weighted by Gasteiger charge is 2.43. The van der Waals surface area contributed by atoms with Gasteiger partial charge in [0.15, 0.2) is 17.5 Å². The molecule has 2 fully saturated rings. The second-order valence-electron chi connectivity index (χ2n) is 12.7. The summed E-state index contributed by atoms with van der Waals surface area (Å²) < 4.78 is 121. The Hall–Kier alpha value is -2.94. The Balaban J connectivity index is 1.18. The average molecular weight is 639 g/mol. The molecule has 0 atom stereocenters. The zero-order valence-corrected chi connectivity index (χ0v) is 25.3. The van der Waals surface area contributed by atoms with Crippen LogP contribution in [0.3, 0.4) is 0 Å². The number of rotatable bonds is 10. The van der Waals surface area contributed by atoms with E-state index in [0.29, 0.717) is 42.0 Å². The molecule has 0 bridgehead atoms. The van der Waals surface area contributed by atoms with E-state index < -0.39 is 52.7 Å². The Kier molecular flexibility index (Phi) is 10.6. The van der Waals surface area contributed by atoms with Gasteiger partial charge < -0.3 is 4.74 Å². The number of ether oxygens (including phenoxy) is 1. The maximum absolute atomic E-state index is 15.2. The zero-order chi connectivity index (χ0) is 32.3. The third kappa shape index (κ3) is 7.72. The van der Waals surface area contributed by atoms with E-state index in [2.05, 4.69) is 6.92 Å². The highest BCUT2D eigenvalue weighted by Crippen LogP contribution is 2.43. The van der Waals surface area contributed by atoms with Gasteiger partial charge in [-0.05, 0) is 116 Å². The lowest BCUT2D eigenvalue weighted by Crippen LogP contribution is -2.31. The van der Waals surface area contributed by atoms with Crippen molar-refractivity contribution in [2.45, 2.75) is 108 Å². The summed E-state index contributed by atoms with van der Waals surface area (Å²) in [7, 11) is 0. The molecule has 9 heteroatoms. The van der Waals surface area contributed by atoms with Crippen molar-refractivity contribution >= 4 is 0 Å². The molecule has 2 saturated carbocycles. The summed E-state index contributed by atoms with van der Waals surface area (Å²) in [5.74, 6) is -7.58. The summed E-state index contributed by atoms with van der Waals surface area (Å²) in [5.41, 5.74) is -0.684. The summed E-state index contributed by atoms with van der Waals surface area (Å²) in [5, 5.41) is 0. The molecule has 45 heavy (non-hydrogen) atoms. The van der Waals surface area contributed by atoms with Crippen LogP contribution in [-0.2, 0) is 10.8 Å². The predicted molar refractivity (Wildman–Crippen MR) is 157 cm³/mol. The van der Waals surface area contributed by atoms with Crippen LogP contribution in [0.2, 0.25) is 0 Å². The molecule has 0 N–H and O–H groups in total. The van der Waals surface area contributed by atoms with Crippen LogP contribution in [0.25, 0.3) is 11.1 Å². The van der Waals surface area contributed by atoms with Gasteiger partial charge in [-0.25, -0.2) is 26.3 Å². The monoisotopic (exact) mass is 638 g/mol. The van der Waals surface area contributed by atoms with E-state index in [-0.39, 0.29) is 35.8 Å². The van der Waals surface area contributed by atoms with Crippen LogP contribution >= 0.6 is 0 Å². The molecule has 0 unspecified atom stereocenters. The minimum absolute atomic E-state index is 0.0628. The topological polar surface area (TPSA) is 9.23 Å². The molecule has 0 amide bonds. The van der Waals surface area contributed by atoms with E-state index in [1.54, 1.807) is 6.07 Å². The lowest BCUT2D eigenvalue weighted by molar-refractivity contribution is -0.280. The van der Waals surface area contributed by atoms with Crippen molar-refractivity contribution in [3.05, 3.63) is 94.1 Å². The molecular formula is C36H38F8O. The number of alkyl halides is 2. The summed E-state index contributed by atoms with van der Waals surface area (Å²) >= 11 is 0. The Bertz CT molecular complexity index is 1430. The number of unbranched alkanes of at least 4 members (excludes halogenated alkanes) is 2. The van der Waals surface area contributed by atoms with Crippen LogP contribution in [0.1, 0.15) is 112 Å². The molecule has 5 rings (SSSR count). The van der Waals surface area contributed by atoms with Crippen molar-refractivity contribution in [1.82, 2.24) is 0 Å². The standard InChI is InChI=1S/C36H38F8O/c1-2-3-4-5-21-6-8-23(9-7-21)25-17-30(38)34(31(39)18-25)36(43,44)45-27-13-10-22(11-14-27)24-12-15-28(29(37)16-24)26-19-32(40)35(42)33(41)20-26/h12,15-23,27H,2-11,13-14H2,1H3. The van der Waals surface area contributed by atoms with Crippen molar-refractivity contribution in [3.63, 3.8) is 0 Å². The van der Waals surface area contributed by atoms with Crippen molar-refractivity contribution in [3.8, 4) is 11.1 Å². The molecule has 0 spiro atoms. The Morgan fingerprint density at radius 2 is 1.20 bits per heavy atom. The number of benzene rings is 3. The Morgan fingerprint density at radius 1 is 0.644 bits per heavy atom. The fourth-order valence-corrected chi connectivity index (χ4v) is 7.09. The van der Waals surface area contributed by atoms with Gasteiger partial charge >= 0.3 is 6.11 Å². The van der Waals surface area contributed by atoms with Crippen molar-refractivity contribution < 1.29 is 39.9 Å². The highest BCUT2D eigenvalue weighted by molar-refractivity contribution is 5.65. The van der Waals surface area contributed by atoms with Gasteiger partial charge in [0.2, 0.25) is 0 Å². The molecule has 0 aromatic heterocycles. The van der Waals surface area contributed by atoms with E-state index in [9.17, 15) is 17.6 Å². The lowest BCUT2D eigenvalue weighted by Gasteiger charge is -2.32. The Labute approximate surface area is 259 Å². The van der Waals surface area contributed by atoms with E-state index >= 15 is 17.6 Å². The first-order valence-electron chi connectivity index (χ1n) is 16.0. The first-order chi connectivity index (χ1) is 21.5. The largest absolute Gasteiger partial charge is 0.389 e. The fraction of sp³-hybridized carbons (Fsp3) is 0.500. The summed E-state index contributed by atoms with van der Waals surface area (Å²) in [6.45, 7) is 2.16. The van der Waals surface area contributed by atoms with Crippen molar-refractivity contribution in [1.29, 1.82) is 0 Å². The number of hydrogen-bond donors (Lipinski definition) is 0. The van der Waals surface area contributed by atoms with Gasteiger partial charge in [0.05, 0.1) is 6.10 Å². The third-order valence-electron chi connectivity index (χ3n) is 9.64. The minimum Gasteiger partial charge on any atom is -0.313 e. The average Bonchev–Trinajstić information content (AvgIpc) is 2.99. The molecule has 2 aliphatic carbocycles. The molecule has 0 aliphatic heterocycles. The summed E-state index contributed by atoms with van der Waals surface area (Å²) in [4.78, 5) is 0. The van der Waals surface area contributed by atoms with Crippen LogP contribution in [-0.4, -0.2) is 6.10 Å². The number of hydrogen-bond acceptors (Lipinski definition) is 1. The second-order valence-corrected chi connectivity index (χ2v) is 12.7. The first kappa shape index (κ1) is 33.4. The van der Waals surface area contributed by atoms with Gasteiger partial charge in [0, 0.05) is 5.56 Å². The van der Waals surface area contributed by atoms with Crippen molar-refractivity contribution in [2.75, 3.05) is 0 Å². The van der Waals surface area contributed by atoms with Crippen molar-refractivity contribution in [2.24, 2.45) is 5.92 Å². The number of halogens is 8. The van der Waals surface area contributed by atoms with Gasteiger partial charge in [-0.1, -0.05) is 44.7 Å². The third-order valence-corrected chi connectivity index (χ3v) is 9.64. The van der Waals surface area contributed by atoms with Crippen LogP contribution in [0.4, 0.5) is 35.1 Å². The van der Waals surface area contributed by atoms with Crippen LogP contribution in [0.5, 0.6) is 0 Å². The molecule has 0 radical (unpaired) electrons. The normalized spacial score (nSPS) is 22.5. The fourth-order valence-electron chi connectivity index (χ4n) is 7.09. The van der Waals surface area contributed by atoms with Gasteiger partial charge in [-0.3, -0.25) is 0 Å². The maximum Gasteiger partial charge on any atom is 0.389 e. The first-order valence-corrected chi connectivity index (χ1v) is 16.0. The molecule has 3 aromatic carbocycles. The minimum atomic E-state index is -4.17. The zero-order valence-electron chi connectivity index (χ0n) is 25.3. The summed E-state index contributed by atoms with van der Waals surface area (Å²) in [6.07, 6.45) is 4.04. The quantitative estimate of drug-likeness (QED) is 0.122. The lowest BCUT2D eigenvalue weighted by atomic mass is 9.77. The van der Waals surface area contributed by atoms with Gasteiger partial charge in [-0.2, -0.15) is 8.78 Å².